The molecule has 0 fully saturated rings. The molecule has 0 amide bonds. The molecular weight excluding hydrogens is 354 g/mol. The Morgan fingerprint density at radius 2 is 1.96 bits per heavy atom. The number of carboxylic acids is 1. The van der Waals surface area contributed by atoms with Gasteiger partial charge in [-0.15, -0.1) is 0 Å². The molecule has 0 saturated carbocycles. The van der Waals surface area contributed by atoms with Crippen molar-refractivity contribution in [3.63, 3.8) is 0 Å². The van der Waals surface area contributed by atoms with E-state index in [1.165, 1.54) is 5.56 Å². The van der Waals surface area contributed by atoms with Gasteiger partial charge in [-0.3, -0.25) is 0 Å². The van der Waals surface area contributed by atoms with E-state index >= 15 is 0 Å². The lowest BCUT2D eigenvalue weighted by atomic mass is 9.90. The van der Waals surface area contributed by atoms with Crippen LogP contribution in [0.5, 0.6) is 0 Å². The lowest BCUT2D eigenvalue weighted by Gasteiger charge is -2.20. The summed E-state index contributed by atoms with van der Waals surface area (Å²) in [6, 6.07) is 13.3. The van der Waals surface area contributed by atoms with Crippen LogP contribution >= 0.6 is 0 Å². The SMILES string of the molecule is CCc1ccccc1C1=C(OCc2ccc(C(=O)O)c(C)c2)C=CC(=NO)C1. The predicted molar refractivity (Wildman–Crippen MR) is 109 cm³/mol. The lowest BCUT2D eigenvalue weighted by Crippen LogP contribution is -2.08. The molecule has 3 rings (SSSR count). The highest BCUT2D eigenvalue weighted by Crippen LogP contribution is 2.31. The highest BCUT2D eigenvalue weighted by molar-refractivity contribution is 6.04. The van der Waals surface area contributed by atoms with Crippen molar-refractivity contribution in [2.45, 2.75) is 33.3 Å². The molecule has 0 heterocycles. The number of carboxylic acid groups (broad SMARTS) is 1. The molecule has 0 spiro atoms. The Labute approximate surface area is 164 Å². The van der Waals surface area contributed by atoms with Crippen molar-refractivity contribution in [1.82, 2.24) is 0 Å². The minimum atomic E-state index is -0.933. The van der Waals surface area contributed by atoms with E-state index in [0.717, 1.165) is 28.9 Å². The molecule has 0 saturated heterocycles. The van der Waals surface area contributed by atoms with Crippen LogP contribution in [0, 0.1) is 6.92 Å². The maximum Gasteiger partial charge on any atom is 0.335 e. The molecule has 0 radical (unpaired) electrons. The molecule has 5 nitrogen and oxygen atoms in total. The normalized spacial score (nSPS) is 15.1. The molecule has 2 aromatic rings. The van der Waals surface area contributed by atoms with E-state index in [1.807, 2.05) is 24.3 Å². The van der Waals surface area contributed by atoms with Gasteiger partial charge in [0, 0.05) is 12.0 Å². The van der Waals surface area contributed by atoms with Gasteiger partial charge >= 0.3 is 5.97 Å². The maximum absolute atomic E-state index is 11.2. The van der Waals surface area contributed by atoms with Crippen LogP contribution in [0.25, 0.3) is 5.57 Å². The number of ether oxygens (including phenoxy) is 1. The quantitative estimate of drug-likeness (QED) is 0.550. The third-order valence-electron chi connectivity index (χ3n) is 4.85. The minimum Gasteiger partial charge on any atom is -0.489 e. The third-order valence-corrected chi connectivity index (χ3v) is 4.85. The summed E-state index contributed by atoms with van der Waals surface area (Å²) in [5, 5.41) is 21.7. The molecule has 1 aliphatic carbocycles. The Hall–Kier alpha value is -3.34. The fourth-order valence-corrected chi connectivity index (χ4v) is 3.37. The number of aromatic carboxylic acids is 1. The molecule has 1 aliphatic rings. The van der Waals surface area contributed by atoms with Crippen LogP contribution in [-0.2, 0) is 17.8 Å². The highest BCUT2D eigenvalue weighted by Gasteiger charge is 2.18. The molecule has 0 bridgehead atoms. The molecular formula is C23H23NO4. The van der Waals surface area contributed by atoms with Gasteiger partial charge in [-0.1, -0.05) is 48.5 Å². The zero-order valence-electron chi connectivity index (χ0n) is 16.0. The molecule has 144 valence electrons. The Morgan fingerprint density at radius 1 is 1.18 bits per heavy atom. The maximum atomic E-state index is 11.2. The van der Waals surface area contributed by atoms with Crippen LogP contribution in [0.1, 0.15) is 46.0 Å². The van der Waals surface area contributed by atoms with Gasteiger partial charge in [-0.25, -0.2) is 4.79 Å². The van der Waals surface area contributed by atoms with Gasteiger partial charge < -0.3 is 15.1 Å². The smallest absolute Gasteiger partial charge is 0.335 e. The number of allylic oxidation sites excluding steroid dienone is 3. The fraction of sp³-hybridized carbons (Fsp3) is 0.217. The molecule has 28 heavy (non-hydrogen) atoms. The summed E-state index contributed by atoms with van der Waals surface area (Å²) in [5.74, 6) is -0.203. The first-order chi connectivity index (χ1) is 13.5. The van der Waals surface area contributed by atoms with Crippen LogP contribution in [-0.4, -0.2) is 22.0 Å². The number of aryl methyl sites for hydroxylation is 2. The first-order valence-electron chi connectivity index (χ1n) is 9.19. The summed E-state index contributed by atoms with van der Waals surface area (Å²) >= 11 is 0. The van der Waals surface area contributed by atoms with Crippen molar-refractivity contribution in [3.8, 4) is 0 Å². The van der Waals surface area contributed by atoms with E-state index in [-0.39, 0.29) is 0 Å². The Balaban J connectivity index is 1.91. The second-order valence-corrected chi connectivity index (χ2v) is 6.70. The second-order valence-electron chi connectivity index (χ2n) is 6.70. The van der Waals surface area contributed by atoms with Gasteiger partial charge in [-0.2, -0.15) is 0 Å². The Bertz CT molecular complexity index is 986. The van der Waals surface area contributed by atoms with Crippen molar-refractivity contribution >= 4 is 17.3 Å². The monoisotopic (exact) mass is 377 g/mol. The number of hydrogen-bond acceptors (Lipinski definition) is 4. The van der Waals surface area contributed by atoms with Crippen molar-refractivity contribution in [2.24, 2.45) is 5.16 Å². The number of hydrogen-bond donors (Lipinski definition) is 2. The van der Waals surface area contributed by atoms with Gasteiger partial charge in [0.2, 0.25) is 0 Å². The van der Waals surface area contributed by atoms with E-state index in [9.17, 15) is 10.0 Å². The zero-order valence-corrected chi connectivity index (χ0v) is 16.0. The van der Waals surface area contributed by atoms with E-state index in [0.29, 0.717) is 29.9 Å². The largest absolute Gasteiger partial charge is 0.489 e. The van der Waals surface area contributed by atoms with Crippen molar-refractivity contribution < 1.29 is 19.8 Å². The summed E-state index contributed by atoms with van der Waals surface area (Å²) in [6.07, 6.45) is 4.93. The summed E-state index contributed by atoms with van der Waals surface area (Å²) in [5.41, 5.74) is 5.74. The first-order valence-corrected chi connectivity index (χ1v) is 9.19. The minimum absolute atomic E-state index is 0.293. The van der Waals surface area contributed by atoms with Crippen LogP contribution in [0.3, 0.4) is 0 Å². The van der Waals surface area contributed by atoms with E-state index < -0.39 is 5.97 Å². The third kappa shape index (κ3) is 4.14. The van der Waals surface area contributed by atoms with E-state index in [1.54, 1.807) is 25.1 Å². The number of rotatable bonds is 6. The number of oxime groups is 1. The summed E-state index contributed by atoms with van der Waals surface area (Å²) in [4.78, 5) is 11.2. The average molecular weight is 377 g/mol. The van der Waals surface area contributed by atoms with Gasteiger partial charge in [0.15, 0.2) is 0 Å². The molecule has 0 atom stereocenters. The molecule has 0 aromatic heterocycles. The standard InChI is InChI=1S/C23H23NO4/c1-3-17-6-4-5-7-20(17)21-13-18(24-27)9-11-22(21)28-14-16-8-10-19(23(25)26)15(2)12-16/h4-12,27H,3,13-14H2,1-2H3,(H,25,26). The van der Waals surface area contributed by atoms with Gasteiger partial charge in [-0.05, 0) is 53.8 Å². The van der Waals surface area contributed by atoms with Crippen LogP contribution in [0.2, 0.25) is 0 Å². The average Bonchev–Trinajstić information content (AvgIpc) is 2.71. The molecule has 5 heteroatoms. The van der Waals surface area contributed by atoms with E-state index in [4.69, 9.17) is 9.84 Å². The second kappa shape index (κ2) is 8.57. The molecule has 0 aliphatic heterocycles. The molecule has 2 aromatic carbocycles. The topological polar surface area (TPSA) is 79.1 Å². The van der Waals surface area contributed by atoms with Gasteiger partial charge in [0.25, 0.3) is 0 Å². The number of benzene rings is 2. The molecule has 0 unspecified atom stereocenters. The van der Waals surface area contributed by atoms with Crippen molar-refractivity contribution in [1.29, 1.82) is 0 Å². The van der Waals surface area contributed by atoms with Gasteiger partial charge in [0.1, 0.15) is 12.4 Å². The highest BCUT2D eigenvalue weighted by atomic mass is 16.5. The zero-order chi connectivity index (χ0) is 20.1. The van der Waals surface area contributed by atoms with Crippen LogP contribution in [0.15, 0.2) is 65.5 Å². The molecule has 2 N–H and O–H groups in total. The number of nitrogens with zero attached hydrogens (tertiary/aromatic N) is 1. The van der Waals surface area contributed by atoms with Crippen molar-refractivity contribution in [3.05, 3.63) is 88.2 Å². The van der Waals surface area contributed by atoms with Crippen molar-refractivity contribution in [2.75, 3.05) is 0 Å². The fourth-order valence-electron chi connectivity index (χ4n) is 3.37. The first kappa shape index (κ1) is 19.4. The van der Waals surface area contributed by atoms with E-state index in [2.05, 4.69) is 24.2 Å². The van der Waals surface area contributed by atoms with Crippen LogP contribution < -0.4 is 0 Å². The summed E-state index contributed by atoms with van der Waals surface area (Å²) in [7, 11) is 0. The van der Waals surface area contributed by atoms with Crippen LogP contribution in [0.4, 0.5) is 0 Å². The Kier molecular flexibility index (Phi) is 5.94. The Morgan fingerprint density at radius 3 is 2.64 bits per heavy atom. The summed E-state index contributed by atoms with van der Waals surface area (Å²) in [6.45, 7) is 4.20. The number of carbonyl (C=O) groups is 1. The summed E-state index contributed by atoms with van der Waals surface area (Å²) < 4.78 is 6.09. The van der Waals surface area contributed by atoms with Gasteiger partial charge in [0.05, 0.1) is 11.3 Å². The lowest BCUT2D eigenvalue weighted by molar-refractivity contribution is 0.0696. The predicted octanol–water partition coefficient (Wildman–Crippen LogP) is 4.97.